The molecule has 2 aliphatic carbocycles. The molecule has 9 nitrogen and oxygen atoms in total. The molecule has 2 heterocycles. The Balaban J connectivity index is 1.53. The molecule has 0 radical (unpaired) electrons. The van der Waals surface area contributed by atoms with Gasteiger partial charge in [-0.3, -0.25) is 19.2 Å². The van der Waals surface area contributed by atoms with Crippen LogP contribution in [-0.4, -0.2) is 64.6 Å². The number of nitrogens with one attached hydrogen (secondary N) is 3. The van der Waals surface area contributed by atoms with Crippen molar-refractivity contribution in [3.63, 3.8) is 0 Å². The number of thioether (sulfide) groups is 1. The van der Waals surface area contributed by atoms with Crippen LogP contribution in [0.5, 0.6) is 0 Å². The van der Waals surface area contributed by atoms with Crippen LogP contribution in [0.4, 0.5) is 18.9 Å². The average Bonchev–Trinajstić information content (AvgIpc) is 3.85. The van der Waals surface area contributed by atoms with Gasteiger partial charge < -0.3 is 20.9 Å². The number of likely N-dealkylation sites (tertiary alicyclic amines) is 1. The van der Waals surface area contributed by atoms with Crippen molar-refractivity contribution in [2.75, 3.05) is 18.9 Å². The molecule has 1 spiro atoms. The van der Waals surface area contributed by atoms with Gasteiger partial charge in [0, 0.05) is 24.9 Å². The topological polar surface area (TPSA) is 131 Å². The molecular weight excluding hydrogens is 547 g/mol. The van der Waals surface area contributed by atoms with Crippen molar-refractivity contribution in [1.29, 1.82) is 5.26 Å². The first-order chi connectivity index (χ1) is 18.9. The highest BCUT2D eigenvalue weighted by molar-refractivity contribution is 8.01. The van der Waals surface area contributed by atoms with Crippen LogP contribution in [0, 0.1) is 29.1 Å². The van der Waals surface area contributed by atoms with Gasteiger partial charge in [-0.05, 0) is 36.8 Å². The molecule has 1 aromatic carbocycles. The summed E-state index contributed by atoms with van der Waals surface area (Å²) in [6.45, 7) is -0.156. The summed E-state index contributed by atoms with van der Waals surface area (Å²) in [5.41, 5.74) is -1.54. The summed E-state index contributed by atoms with van der Waals surface area (Å²) in [7, 11) is 1.26. The van der Waals surface area contributed by atoms with Crippen molar-refractivity contribution >= 4 is 41.1 Å². The number of fused-ring (bicyclic) bond motifs is 1. The first-order valence-corrected chi connectivity index (χ1v) is 14.1. The largest absolute Gasteiger partial charge is 0.471 e. The number of nitrogens with zero attached hydrogens (tertiary/aromatic N) is 2. The first kappa shape index (κ1) is 28.3. The second-order valence-electron chi connectivity index (χ2n) is 11.2. The van der Waals surface area contributed by atoms with Crippen LogP contribution in [0.25, 0.3) is 0 Å². The fourth-order valence-electron chi connectivity index (χ4n) is 5.87. The Hall–Kier alpha value is -3.27. The van der Waals surface area contributed by atoms with Gasteiger partial charge in [-0.2, -0.15) is 18.4 Å². The van der Waals surface area contributed by atoms with Gasteiger partial charge in [0.05, 0.1) is 17.7 Å². The molecule has 214 valence electrons. The lowest BCUT2D eigenvalue weighted by Crippen LogP contribution is -2.67. The van der Waals surface area contributed by atoms with E-state index in [-0.39, 0.29) is 43.6 Å². The number of rotatable bonds is 8. The minimum atomic E-state index is -5.27. The zero-order valence-corrected chi connectivity index (χ0v) is 22.7. The van der Waals surface area contributed by atoms with Gasteiger partial charge >= 0.3 is 12.1 Å². The third kappa shape index (κ3) is 5.25. The van der Waals surface area contributed by atoms with Crippen LogP contribution in [0.1, 0.15) is 44.9 Å². The SMILES string of the molecule is CNC(=O)C(CC1CC1)(NC(=O)C(F)(F)F)[C@H](CC1CC1)C(=O)N1C[C@@]2(C[C@H]1C#N)Sc1ccccc1NC2=O. The Morgan fingerprint density at radius 1 is 1.18 bits per heavy atom. The molecule has 13 heteroatoms. The Kier molecular flexibility index (Phi) is 7.27. The summed E-state index contributed by atoms with van der Waals surface area (Å²) < 4.78 is 39.4. The average molecular weight is 578 g/mol. The van der Waals surface area contributed by atoms with Gasteiger partial charge in [-0.15, -0.1) is 11.8 Å². The summed E-state index contributed by atoms with van der Waals surface area (Å²) in [6.07, 6.45) is -2.50. The van der Waals surface area contributed by atoms with E-state index >= 15 is 0 Å². The van der Waals surface area contributed by atoms with Crippen LogP contribution in [0.15, 0.2) is 29.2 Å². The molecule has 2 aliphatic heterocycles. The molecule has 4 aliphatic rings. The van der Waals surface area contributed by atoms with E-state index in [1.807, 2.05) is 11.4 Å². The smallest absolute Gasteiger partial charge is 0.357 e. The van der Waals surface area contributed by atoms with Crippen molar-refractivity contribution in [2.45, 2.75) is 72.3 Å². The predicted octanol–water partition coefficient (Wildman–Crippen LogP) is 2.97. The maximum Gasteiger partial charge on any atom is 0.471 e. The molecule has 1 unspecified atom stereocenters. The van der Waals surface area contributed by atoms with Gasteiger partial charge in [0.1, 0.15) is 16.3 Å². The quantitative estimate of drug-likeness (QED) is 0.436. The maximum atomic E-state index is 14.4. The molecule has 40 heavy (non-hydrogen) atoms. The molecule has 4 atom stereocenters. The fraction of sp³-hybridized carbons (Fsp3) is 0.593. The zero-order chi connectivity index (χ0) is 28.9. The van der Waals surface area contributed by atoms with Crippen LogP contribution in [-0.2, 0) is 19.2 Å². The minimum Gasteiger partial charge on any atom is -0.357 e. The van der Waals surface area contributed by atoms with Crippen molar-refractivity contribution in [2.24, 2.45) is 17.8 Å². The number of nitriles is 1. The fourth-order valence-corrected chi connectivity index (χ4v) is 7.26. The number of likely N-dealkylation sites (N-methyl/N-ethyl adjacent to an activating group) is 1. The number of hydrogen-bond acceptors (Lipinski definition) is 6. The predicted molar refractivity (Wildman–Crippen MR) is 139 cm³/mol. The van der Waals surface area contributed by atoms with Crippen LogP contribution >= 0.6 is 11.8 Å². The summed E-state index contributed by atoms with van der Waals surface area (Å²) in [5.74, 6) is -5.72. The molecule has 1 aromatic rings. The Morgan fingerprint density at radius 3 is 2.45 bits per heavy atom. The lowest BCUT2D eigenvalue weighted by atomic mass is 9.74. The molecule has 4 amide bonds. The third-order valence-electron chi connectivity index (χ3n) is 8.30. The van der Waals surface area contributed by atoms with Crippen LogP contribution in [0.3, 0.4) is 0 Å². The van der Waals surface area contributed by atoms with Gasteiger partial charge in [-0.25, -0.2) is 0 Å². The standard InChI is InChI=1S/C27H30F3N5O4S/c1-32-23(38)26(11-16-8-9-16,34-24(39)27(28,29)30)18(10-15-6-7-15)21(36)35-14-25(12-17(35)13-31)22(37)33-19-4-2-3-5-20(19)40-25/h2-5,15-18H,6-12,14H2,1H3,(H,32,38)(H,33,37)(H,34,39)/t17-,18+,25+,26?/m0/s1. The van der Waals surface area contributed by atoms with Gasteiger partial charge in [0.15, 0.2) is 0 Å². The number of hydrogen-bond donors (Lipinski definition) is 3. The Labute approximate surface area is 233 Å². The second kappa shape index (κ2) is 10.3. The van der Waals surface area contributed by atoms with E-state index in [1.54, 1.807) is 18.2 Å². The monoisotopic (exact) mass is 577 g/mol. The summed E-state index contributed by atoms with van der Waals surface area (Å²) in [6, 6.07) is 8.20. The van der Waals surface area contributed by atoms with Gasteiger partial charge in [0.2, 0.25) is 17.7 Å². The number of carbonyl (C=O) groups is 4. The van der Waals surface area contributed by atoms with E-state index in [1.165, 1.54) is 23.7 Å². The zero-order valence-electron chi connectivity index (χ0n) is 21.8. The molecule has 2 saturated carbocycles. The van der Waals surface area contributed by atoms with E-state index in [0.29, 0.717) is 18.5 Å². The van der Waals surface area contributed by atoms with Gasteiger partial charge in [0.25, 0.3) is 0 Å². The normalized spacial score (nSPS) is 26.2. The van der Waals surface area contributed by atoms with E-state index < -0.39 is 46.1 Å². The molecule has 0 bridgehead atoms. The first-order valence-electron chi connectivity index (χ1n) is 13.3. The van der Waals surface area contributed by atoms with Crippen molar-refractivity contribution in [1.82, 2.24) is 15.5 Å². The van der Waals surface area contributed by atoms with Crippen molar-refractivity contribution in [3.8, 4) is 6.07 Å². The van der Waals surface area contributed by atoms with E-state index in [9.17, 15) is 37.6 Å². The second-order valence-corrected chi connectivity index (χ2v) is 12.7. The number of amides is 4. The molecule has 0 aromatic heterocycles. The summed E-state index contributed by atoms with van der Waals surface area (Å²) >= 11 is 1.25. The van der Waals surface area contributed by atoms with E-state index in [4.69, 9.17) is 0 Å². The van der Waals surface area contributed by atoms with Crippen LogP contribution in [0.2, 0.25) is 0 Å². The lowest BCUT2D eigenvalue weighted by molar-refractivity contribution is -0.178. The number of carbonyl (C=O) groups excluding carboxylic acids is 4. The summed E-state index contributed by atoms with van der Waals surface area (Å²) in [5, 5.41) is 17.2. The number of para-hydroxylation sites is 1. The molecular formula is C27H30F3N5O4S. The van der Waals surface area contributed by atoms with Gasteiger partial charge in [-0.1, -0.05) is 37.8 Å². The van der Waals surface area contributed by atoms with Crippen molar-refractivity contribution in [3.05, 3.63) is 24.3 Å². The summed E-state index contributed by atoms with van der Waals surface area (Å²) in [4.78, 5) is 55.5. The number of alkyl halides is 3. The van der Waals surface area contributed by atoms with Crippen molar-refractivity contribution < 1.29 is 32.3 Å². The Bertz CT molecular complexity index is 1280. The maximum absolute atomic E-state index is 14.4. The number of halogens is 3. The number of benzene rings is 1. The highest BCUT2D eigenvalue weighted by Gasteiger charge is 2.60. The molecule has 3 N–H and O–H groups in total. The van der Waals surface area contributed by atoms with E-state index in [2.05, 4.69) is 16.7 Å². The number of anilines is 1. The lowest BCUT2D eigenvalue weighted by Gasteiger charge is -2.41. The third-order valence-corrected chi connectivity index (χ3v) is 9.75. The highest BCUT2D eigenvalue weighted by Crippen LogP contribution is 2.51. The molecule has 1 saturated heterocycles. The molecule has 3 fully saturated rings. The van der Waals surface area contributed by atoms with Crippen LogP contribution < -0.4 is 16.0 Å². The van der Waals surface area contributed by atoms with E-state index in [0.717, 1.165) is 17.7 Å². The molecule has 5 rings (SSSR count). The Morgan fingerprint density at radius 2 is 1.85 bits per heavy atom. The highest BCUT2D eigenvalue weighted by atomic mass is 32.2. The minimum absolute atomic E-state index is 0.00342.